The Hall–Kier alpha value is -8.40. The van der Waals surface area contributed by atoms with Crippen LogP contribution in [0.1, 0.15) is 344 Å². The molecule has 0 radical (unpaired) electrons. The lowest BCUT2D eigenvalue weighted by Crippen LogP contribution is -2.25. The number of benzene rings is 10. The molecule has 0 spiro atoms. The Bertz CT molecular complexity index is 5140. The van der Waals surface area contributed by atoms with Crippen LogP contribution in [0.3, 0.4) is 0 Å². The summed E-state index contributed by atoms with van der Waals surface area (Å²) in [6, 6.07) is 78.8. The molecular formula is C112H141N3. The molecule has 10 aromatic carbocycles. The minimum Gasteiger partial charge on any atom is -0.311 e. The molecule has 2 heterocycles. The lowest BCUT2D eigenvalue weighted by molar-refractivity contribution is 0.398. The Kier molecular flexibility index (Phi) is 28.0. The molecule has 0 amide bonds. The molecule has 0 saturated heterocycles. The van der Waals surface area contributed by atoms with Gasteiger partial charge in [-0.25, -0.2) is 0 Å². The van der Waals surface area contributed by atoms with E-state index in [0.717, 1.165) is 42.7 Å². The molecule has 0 aliphatic heterocycles. The van der Waals surface area contributed by atoms with E-state index in [1.807, 2.05) is 0 Å². The van der Waals surface area contributed by atoms with Gasteiger partial charge in [0.05, 0.1) is 22.1 Å². The highest BCUT2D eigenvalue weighted by Crippen LogP contribution is 2.61. The number of anilines is 3. The van der Waals surface area contributed by atoms with Crippen molar-refractivity contribution in [1.29, 1.82) is 0 Å². The van der Waals surface area contributed by atoms with E-state index in [-0.39, 0.29) is 16.2 Å². The van der Waals surface area contributed by atoms with Crippen LogP contribution in [-0.2, 0) is 29.1 Å². The Morgan fingerprint density at radius 3 is 1.17 bits per heavy atom. The molecule has 2 aliphatic carbocycles. The molecule has 2 aromatic heterocycles. The molecule has 0 fully saturated rings. The molecule has 3 nitrogen and oxygen atoms in total. The Morgan fingerprint density at radius 2 is 0.696 bits per heavy atom. The third-order valence-corrected chi connectivity index (χ3v) is 27.4. The maximum Gasteiger partial charge on any atom is 0.0622 e. The van der Waals surface area contributed by atoms with Crippen LogP contribution in [0.15, 0.2) is 194 Å². The van der Waals surface area contributed by atoms with Gasteiger partial charge in [0.25, 0.3) is 0 Å². The smallest absolute Gasteiger partial charge is 0.0622 e. The maximum absolute atomic E-state index is 2.86. The fraction of sp³-hybridized carbons (Fsp3) is 0.464. The largest absolute Gasteiger partial charge is 0.311 e. The van der Waals surface area contributed by atoms with Crippen molar-refractivity contribution in [2.24, 2.45) is 0 Å². The summed E-state index contributed by atoms with van der Waals surface area (Å²) in [5.74, 6) is 0. The van der Waals surface area contributed by atoms with Gasteiger partial charge in [-0.2, -0.15) is 0 Å². The summed E-state index contributed by atoms with van der Waals surface area (Å²) in [5, 5.41) is 5.44. The average molecular weight is 1530 g/mol. The number of aromatic nitrogens is 2. The Morgan fingerprint density at radius 1 is 0.304 bits per heavy atom. The predicted molar refractivity (Wildman–Crippen MR) is 504 cm³/mol. The first-order valence-electron chi connectivity index (χ1n) is 46.9. The van der Waals surface area contributed by atoms with E-state index in [4.69, 9.17) is 0 Å². The van der Waals surface area contributed by atoms with Crippen LogP contribution in [0.2, 0.25) is 0 Å². The minimum absolute atomic E-state index is 0.0236. The lowest BCUT2D eigenvalue weighted by Gasteiger charge is -2.33. The number of hydrogen-bond donors (Lipinski definition) is 0. The van der Waals surface area contributed by atoms with Gasteiger partial charge in [-0.05, 0) is 211 Å². The summed E-state index contributed by atoms with van der Waals surface area (Å²) in [6.07, 6.45) is 48.0. The van der Waals surface area contributed by atoms with E-state index >= 15 is 0 Å². The molecule has 604 valence electrons. The number of unbranched alkanes of at least 4 members (excludes halogenated alkanes) is 26. The molecule has 0 N–H and O–H groups in total. The highest BCUT2D eigenvalue weighted by atomic mass is 15.1. The molecular weight excluding hydrogens is 1390 g/mol. The molecule has 0 atom stereocenters. The van der Waals surface area contributed by atoms with E-state index in [2.05, 4.69) is 284 Å². The highest BCUT2D eigenvalue weighted by Gasteiger charge is 2.46. The SMILES string of the molecule is CCCCCCCCC1(CCCCCCCC)c2cc(-c3cc(CCCCCC)c(-n4c5ccccc5c5ccc6c(c54)-c4ccc(C)cc4C6(CCCCCCCC)CCCCCCCC)cc3CCCCCC)ccc2-c2c1ccc1c3ccccc3n(-c3ccc(N(c4ccc(C)cc4)c4ccc(C(C)(C)C)cc4)cc3)c21. The van der Waals surface area contributed by atoms with Gasteiger partial charge in [-0.1, -0.05) is 381 Å². The van der Waals surface area contributed by atoms with E-state index in [9.17, 15) is 0 Å². The van der Waals surface area contributed by atoms with E-state index in [0.29, 0.717) is 0 Å². The third kappa shape index (κ3) is 17.6. The second-order valence-corrected chi connectivity index (χ2v) is 36.8. The molecule has 115 heavy (non-hydrogen) atoms. The number of fused-ring (bicyclic) bond motifs is 14. The Labute approximate surface area is 695 Å². The summed E-state index contributed by atoms with van der Waals surface area (Å²) >= 11 is 0. The van der Waals surface area contributed by atoms with Crippen LogP contribution in [0.25, 0.3) is 88.4 Å². The number of nitrogens with zero attached hydrogens (tertiary/aromatic N) is 3. The van der Waals surface area contributed by atoms with Gasteiger partial charge >= 0.3 is 0 Å². The molecule has 0 saturated carbocycles. The normalized spacial score (nSPS) is 13.4. The van der Waals surface area contributed by atoms with Crippen LogP contribution in [0.4, 0.5) is 17.1 Å². The highest BCUT2D eigenvalue weighted by molar-refractivity contribution is 6.17. The topological polar surface area (TPSA) is 13.1 Å². The first kappa shape index (κ1) is 83.1. The van der Waals surface area contributed by atoms with Crippen molar-refractivity contribution < 1.29 is 0 Å². The zero-order valence-corrected chi connectivity index (χ0v) is 73.2. The average Bonchev–Trinajstić information content (AvgIpc) is 1.53. The zero-order chi connectivity index (χ0) is 79.9. The van der Waals surface area contributed by atoms with Crippen molar-refractivity contribution in [1.82, 2.24) is 9.13 Å². The van der Waals surface area contributed by atoms with Crippen LogP contribution < -0.4 is 4.90 Å². The van der Waals surface area contributed by atoms with Gasteiger partial charge in [-0.15, -0.1) is 0 Å². The summed E-state index contributed by atoms with van der Waals surface area (Å²) in [7, 11) is 0. The molecule has 0 bridgehead atoms. The molecule has 2 aliphatic rings. The summed E-state index contributed by atoms with van der Waals surface area (Å²) in [6.45, 7) is 25.7. The van der Waals surface area contributed by atoms with Gasteiger partial charge in [0.2, 0.25) is 0 Å². The van der Waals surface area contributed by atoms with Crippen molar-refractivity contribution in [3.63, 3.8) is 0 Å². The van der Waals surface area contributed by atoms with Gasteiger partial charge in [0.15, 0.2) is 0 Å². The quantitative estimate of drug-likeness (QED) is 0.0347. The van der Waals surface area contributed by atoms with Crippen molar-refractivity contribution in [3.8, 4) is 44.8 Å². The van der Waals surface area contributed by atoms with Crippen LogP contribution in [0, 0.1) is 13.8 Å². The second kappa shape index (κ2) is 38.8. The number of hydrogen-bond acceptors (Lipinski definition) is 1. The van der Waals surface area contributed by atoms with Crippen LogP contribution in [-0.4, -0.2) is 9.13 Å². The van der Waals surface area contributed by atoms with Crippen molar-refractivity contribution in [2.45, 2.75) is 336 Å². The number of para-hydroxylation sites is 2. The fourth-order valence-electron chi connectivity index (χ4n) is 21.1. The summed E-state index contributed by atoms with van der Waals surface area (Å²) < 4.78 is 5.54. The fourth-order valence-corrected chi connectivity index (χ4v) is 21.1. The van der Waals surface area contributed by atoms with E-state index in [1.165, 1.54) is 334 Å². The van der Waals surface area contributed by atoms with Crippen molar-refractivity contribution in [2.75, 3.05) is 4.90 Å². The molecule has 12 aromatic rings. The predicted octanol–water partition coefficient (Wildman–Crippen LogP) is 34.7. The number of rotatable bonds is 44. The zero-order valence-electron chi connectivity index (χ0n) is 73.2. The lowest BCUT2D eigenvalue weighted by atomic mass is 9.70. The summed E-state index contributed by atoms with van der Waals surface area (Å²) in [5.41, 5.74) is 33.5. The van der Waals surface area contributed by atoms with Gasteiger partial charge in [0, 0.05) is 71.9 Å². The minimum atomic E-state index is -0.158. The first-order chi connectivity index (χ1) is 56.3. The number of aryl methyl sites for hydroxylation is 4. The van der Waals surface area contributed by atoms with E-state index < -0.39 is 0 Å². The second-order valence-electron chi connectivity index (χ2n) is 36.8. The van der Waals surface area contributed by atoms with Gasteiger partial charge in [0.1, 0.15) is 0 Å². The first-order valence-corrected chi connectivity index (χ1v) is 46.9. The molecule has 0 unspecified atom stereocenters. The summed E-state index contributed by atoms with van der Waals surface area (Å²) in [4.78, 5) is 2.44. The van der Waals surface area contributed by atoms with E-state index in [1.54, 1.807) is 22.3 Å². The van der Waals surface area contributed by atoms with Crippen LogP contribution in [0.5, 0.6) is 0 Å². The monoisotopic (exact) mass is 1530 g/mol. The van der Waals surface area contributed by atoms with Crippen molar-refractivity contribution in [3.05, 3.63) is 244 Å². The Balaban J connectivity index is 0.978. The van der Waals surface area contributed by atoms with Crippen LogP contribution >= 0.6 is 0 Å². The van der Waals surface area contributed by atoms with Gasteiger partial charge < -0.3 is 14.0 Å². The third-order valence-electron chi connectivity index (χ3n) is 27.4. The van der Waals surface area contributed by atoms with Gasteiger partial charge in [-0.3, -0.25) is 0 Å². The molecule has 3 heteroatoms. The standard InChI is InChI=1S/C112H141N3/c1-12-18-24-30-34-44-74-111(75-45-35-31-25-19-13-2)100-73-71-95-93-51-41-43-53-104(93)115(109(95)107(100)96-68-56-83(8)78-101(96)111)105-81-84(48-38-28-22-16-5)98(79-86(105)49-39-29-23-17-6)85-57-69-97-102(80-85)112(76-46-36-32-26-20-14-3,77-47-37-33-27-21-15-4)99-72-70-94-92-50-40-42-52-103(92)114(108(94)106(97)99)91-66-64-90(65-67-91)113(88-60-54-82(7)55-61-88)89-62-58-87(59-63-89)110(9,10)11/h40-43,50-73,78-81H,12-39,44-49,74-77H2,1-11H3. The van der Waals surface area contributed by atoms with Crippen molar-refractivity contribution >= 4 is 60.7 Å². The molecule has 14 rings (SSSR count). The maximum atomic E-state index is 2.86.